The van der Waals surface area contributed by atoms with Crippen LogP contribution in [0.5, 0.6) is 5.75 Å². The van der Waals surface area contributed by atoms with Crippen LogP contribution in [-0.4, -0.2) is 7.11 Å². The molecule has 0 aliphatic heterocycles. The molecule has 0 N–H and O–H groups in total. The molecule has 1 aliphatic carbocycles. The SMILES string of the molecule is CCCCCc1ccc(C2=Cc3cc(F)c(OC)cc3CC2)c(F)c1. The van der Waals surface area contributed by atoms with E-state index >= 15 is 0 Å². The number of methoxy groups -OCH3 is 1. The van der Waals surface area contributed by atoms with Crippen LogP contribution in [0.4, 0.5) is 8.78 Å². The molecule has 2 aromatic carbocycles. The van der Waals surface area contributed by atoms with Gasteiger partial charge in [-0.05, 0) is 66.1 Å². The van der Waals surface area contributed by atoms with Gasteiger partial charge >= 0.3 is 0 Å². The first-order valence-electron chi connectivity index (χ1n) is 8.98. The molecule has 132 valence electrons. The summed E-state index contributed by atoms with van der Waals surface area (Å²) in [5.41, 5.74) is 4.45. The van der Waals surface area contributed by atoms with Crippen molar-refractivity contribution >= 4 is 11.6 Å². The first-order valence-corrected chi connectivity index (χ1v) is 8.98. The lowest BCUT2D eigenvalue weighted by atomic mass is 9.88. The third-order valence-corrected chi connectivity index (χ3v) is 4.86. The monoisotopic (exact) mass is 342 g/mol. The molecule has 0 aromatic heterocycles. The van der Waals surface area contributed by atoms with E-state index in [1.54, 1.807) is 12.1 Å². The van der Waals surface area contributed by atoms with Crippen molar-refractivity contribution in [3.8, 4) is 5.75 Å². The fraction of sp³-hybridized carbons (Fsp3) is 0.364. The quantitative estimate of drug-likeness (QED) is 0.569. The highest BCUT2D eigenvalue weighted by Crippen LogP contribution is 2.34. The number of fused-ring (bicyclic) bond motifs is 1. The fourth-order valence-corrected chi connectivity index (χ4v) is 3.41. The number of hydrogen-bond donors (Lipinski definition) is 0. The summed E-state index contributed by atoms with van der Waals surface area (Å²) >= 11 is 0. The Morgan fingerprint density at radius 3 is 2.56 bits per heavy atom. The zero-order valence-corrected chi connectivity index (χ0v) is 14.9. The second-order valence-electron chi connectivity index (χ2n) is 6.63. The van der Waals surface area contributed by atoms with Crippen LogP contribution in [0.15, 0.2) is 30.3 Å². The summed E-state index contributed by atoms with van der Waals surface area (Å²) in [6, 6.07) is 8.75. The number of ether oxygens (including phenoxy) is 1. The molecule has 0 bridgehead atoms. The molecule has 0 fully saturated rings. The molecular weight excluding hydrogens is 318 g/mol. The Kier molecular flexibility index (Phi) is 5.52. The van der Waals surface area contributed by atoms with Crippen molar-refractivity contribution < 1.29 is 13.5 Å². The molecule has 3 heteroatoms. The van der Waals surface area contributed by atoms with E-state index in [1.165, 1.54) is 19.6 Å². The average molecular weight is 342 g/mol. The first-order chi connectivity index (χ1) is 12.1. The molecule has 25 heavy (non-hydrogen) atoms. The van der Waals surface area contributed by atoms with E-state index in [2.05, 4.69) is 6.92 Å². The number of halogens is 2. The van der Waals surface area contributed by atoms with E-state index in [-0.39, 0.29) is 17.4 Å². The van der Waals surface area contributed by atoms with Gasteiger partial charge in [0, 0.05) is 5.56 Å². The Hall–Kier alpha value is -2.16. The Bertz CT molecular complexity index is 793. The molecule has 2 aromatic rings. The Labute approximate surface area is 148 Å². The smallest absolute Gasteiger partial charge is 0.165 e. The van der Waals surface area contributed by atoms with Gasteiger partial charge in [-0.25, -0.2) is 8.78 Å². The number of rotatable bonds is 6. The van der Waals surface area contributed by atoms with Gasteiger partial charge in [0.2, 0.25) is 0 Å². The zero-order chi connectivity index (χ0) is 17.8. The number of hydrogen-bond acceptors (Lipinski definition) is 1. The molecule has 1 nitrogen and oxygen atoms in total. The lowest BCUT2D eigenvalue weighted by molar-refractivity contribution is 0.386. The average Bonchev–Trinajstić information content (AvgIpc) is 2.61. The molecule has 0 atom stereocenters. The Morgan fingerprint density at radius 2 is 1.84 bits per heavy atom. The molecule has 0 unspecified atom stereocenters. The maximum absolute atomic E-state index is 14.6. The van der Waals surface area contributed by atoms with Crippen molar-refractivity contribution in [2.24, 2.45) is 0 Å². The minimum atomic E-state index is -0.384. The number of unbranched alkanes of at least 4 members (excludes halogenated alkanes) is 2. The predicted molar refractivity (Wildman–Crippen MR) is 98.8 cm³/mol. The highest BCUT2D eigenvalue weighted by Gasteiger charge is 2.17. The molecule has 0 heterocycles. The largest absolute Gasteiger partial charge is 0.494 e. The predicted octanol–water partition coefficient (Wildman–Crippen LogP) is 6.19. The van der Waals surface area contributed by atoms with Crippen LogP contribution in [0, 0.1) is 11.6 Å². The molecular formula is C22H24F2O. The van der Waals surface area contributed by atoms with Gasteiger partial charge in [-0.3, -0.25) is 0 Å². The maximum Gasteiger partial charge on any atom is 0.165 e. The van der Waals surface area contributed by atoms with Crippen molar-refractivity contribution in [3.63, 3.8) is 0 Å². The van der Waals surface area contributed by atoms with Crippen LogP contribution in [-0.2, 0) is 12.8 Å². The van der Waals surface area contributed by atoms with Crippen molar-refractivity contribution in [2.45, 2.75) is 45.4 Å². The minimum absolute atomic E-state index is 0.183. The lowest BCUT2D eigenvalue weighted by Crippen LogP contribution is -2.03. The summed E-state index contributed by atoms with van der Waals surface area (Å²) < 4.78 is 33.6. The summed E-state index contributed by atoms with van der Waals surface area (Å²) in [7, 11) is 1.46. The molecule has 0 saturated carbocycles. The van der Waals surface area contributed by atoms with E-state index in [4.69, 9.17) is 4.74 Å². The van der Waals surface area contributed by atoms with E-state index in [9.17, 15) is 8.78 Å². The van der Waals surface area contributed by atoms with Gasteiger partial charge in [0.05, 0.1) is 7.11 Å². The van der Waals surface area contributed by atoms with Crippen LogP contribution >= 0.6 is 0 Å². The van der Waals surface area contributed by atoms with Crippen LogP contribution in [0.1, 0.15) is 54.9 Å². The summed E-state index contributed by atoms with van der Waals surface area (Å²) in [5, 5.41) is 0. The van der Waals surface area contributed by atoms with Crippen molar-refractivity contribution in [1.82, 2.24) is 0 Å². The third-order valence-electron chi connectivity index (χ3n) is 4.86. The maximum atomic E-state index is 14.6. The van der Waals surface area contributed by atoms with Crippen molar-refractivity contribution in [2.75, 3.05) is 7.11 Å². The normalized spacial score (nSPS) is 13.4. The lowest BCUT2D eigenvalue weighted by Gasteiger charge is -2.19. The zero-order valence-electron chi connectivity index (χ0n) is 14.9. The molecule has 1 aliphatic rings. The number of benzene rings is 2. The molecule has 0 saturated heterocycles. The van der Waals surface area contributed by atoms with Crippen molar-refractivity contribution in [3.05, 3.63) is 64.2 Å². The van der Waals surface area contributed by atoms with Crippen molar-refractivity contribution in [1.29, 1.82) is 0 Å². The molecule has 0 spiro atoms. The highest BCUT2D eigenvalue weighted by atomic mass is 19.1. The van der Waals surface area contributed by atoms with Gasteiger partial charge < -0.3 is 4.74 Å². The van der Waals surface area contributed by atoms with Gasteiger partial charge in [0.1, 0.15) is 5.82 Å². The van der Waals surface area contributed by atoms with Crippen LogP contribution in [0.2, 0.25) is 0 Å². The van der Waals surface area contributed by atoms with Crippen LogP contribution in [0.25, 0.3) is 11.6 Å². The summed E-state index contributed by atoms with van der Waals surface area (Å²) in [6.45, 7) is 2.16. The summed E-state index contributed by atoms with van der Waals surface area (Å²) in [4.78, 5) is 0. The van der Waals surface area contributed by atoms with Crippen LogP contribution < -0.4 is 4.74 Å². The fourth-order valence-electron chi connectivity index (χ4n) is 3.41. The van der Waals surface area contributed by atoms with Gasteiger partial charge in [-0.1, -0.05) is 38.0 Å². The summed E-state index contributed by atoms with van der Waals surface area (Å²) in [5.74, 6) is -0.304. The number of allylic oxidation sites excluding steroid dienone is 1. The molecule has 0 amide bonds. The van der Waals surface area contributed by atoms with E-state index in [0.717, 1.165) is 54.4 Å². The standard InChI is InChI=1S/C22H24F2O/c1-3-4-5-6-15-7-10-19(20(23)11-15)17-9-8-16-14-22(25-2)21(24)13-18(16)12-17/h7,10-14H,3-6,8-9H2,1-2H3. The van der Waals surface area contributed by atoms with Gasteiger partial charge in [0.15, 0.2) is 11.6 Å². The topological polar surface area (TPSA) is 9.23 Å². The van der Waals surface area contributed by atoms with E-state index < -0.39 is 0 Å². The van der Waals surface area contributed by atoms with Crippen LogP contribution in [0.3, 0.4) is 0 Å². The minimum Gasteiger partial charge on any atom is -0.494 e. The molecule has 0 radical (unpaired) electrons. The first kappa shape index (κ1) is 17.7. The Balaban J connectivity index is 1.86. The second kappa shape index (κ2) is 7.81. The summed E-state index contributed by atoms with van der Waals surface area (Å²) in [6.07, 6.45) is 7.73. The number of aryl methyl sites for hydroxylation is 2. The second-order valence-corrected chi connectivity index (χ2v) is 6.63. The third kappa shape index (κ3) is 3.92. The highest BCUT2D eigenvalue weighted by molar-refractivity contribution is 5.84. The molecule has 3 rings (SSSR count). The van der Waals surface area contributed by atoms with E-state index in [0.29, 0.717) is 5.56 Å². The van der Waals surface area contributed by atoms with Gasteiger partial charge in [-0.2, -0.15) is 0 Å². The van der Waals surface area contributed by atoms with Gasteiger partial charge in [0.25, 0.3) is 0 Å². The Morgan fingerprint density at radius 1 is 1.00 bits per heavy atom. The van der Waals surface area contributed by atoms with E-state index in [1.807, 2.05) is 18.2 Å². The van der Waals surface area contributed by atoms with Gasteiger partial charge in [-0.15, -0.1) is 0 Å².